The van der Waals surface area contributed by atoms with Crippen LogP contribution in [-0.4, -0.2) is 17.3 Å². The van der Waals surface area contributed by atoms with E-state index in [9.17, 15) is 10.2 Å². The van der Waals surface area contributed by atoms with Crippen molar-refractivity contribution in [3.63, 3.8) is 0 Å². The molecule has 4 heteroatoms. The molecule has 2 N–H and O–H groups in total. The zero-order chi connectivity index (χ0) is 14.1. The van der Waals surface area contributed by atoms with Gasteiger partial charge in [-0.2, -0.15) is 0 Å². The van der Waals surface area contributed by atoms with Gasteiger partial charge in [-0.3, -0.25) is 0 Å². The number of ether oxygens (including phenoxy) is 1. The summed E-state index contributed by atoms with van der Waals surface area (Å²) in [6, 6.07) is 14.2. The lowest BCUT2D eigenvalue weighted by Gasteiger charge is -1.99. The molecule has 1 heterocycles. The zero-order valence-corrected chi connectivity index (χ0v) is 10.8. The number of methoxy groups -OCH3 is 1. The quantitative estimate of drug-likeness (QED) is 0.548. The van der Waals surface area contributed by atoms with Gasteiger partial charge in [0.25, 0.3) is 5.75 Å². The Morgan fingerprint density at radius 2 is 1.60 bits per heavy atom. The summed E-state index contributed by atoms with van der Waals surface area (Å²) in [6.45, 7) is 0. The van der Waals surface area contributed by atoms with E-state index in [0.29, 0.717) is 5.76 Å². The average molecular weight is 269 g/mol. The second kappa shape index (κ2) is 4.74. The highest BCUT2D eigenvalue weighted by atomic mass is 16.5. The van der Waals surface area contributed by atoms with E-state index in [2.05, 4.69) is 0 Å². The third-order valence-corrected chi connectivity index (χ3v) is 3.14. The topological polar surface area (TPSA) is 61.0 Å². The SMILES string of the molecule is COc1ccc(-c2ccc3ccc(O)c(O)c3[o+]2)cc1. The van der Waals surface area contributed by atoms with Gasteiger partial charge in [0.15, 0.2) is 5.75 Å². The summed E-state index contributed by atoms with van der Waals surface area (Å²) in [5.41, 5.74) is 1.12. The van der Waals surface area contributed by atoms with E-state index < -0.39 is 0 Å². The Kier molecular flexibility index (Phi) is 2.91. The number of aromatic hydroxyl groups is 2. The van der Waals surface area contributed by atoms with Crippen LogP contribution in [-0.2, 0) is 0 Å². The van der Waals surface area contributed by atoms with Crippen LogP contribution in [0.25, 0.3) is 22.3 Å². The molecule has 3 rings (SSSR count). The molecule has 0 amide bonds. The van der Waals surface area contributed by atoms with Crippen LogP contribution in [0.5, 0.6) is 17.2 Å². The van der Waals surface area contributed by atoms with Crippen molar-refractivity contribution >= 4 is 11.0 Å². The maximum atomic E-state index is 9.85. The van der Waals surface area contributed by atoms with E-state index >= 15 is 0 Å². The van der Waals surface area contributed by atoms with Gasteiger partial charge in [0.1, 0.15) is 5.75 Å². The van der Waals surface area contributed by atoms with Crippen molar-refractivity contribution in [3.05, 3.63) is 48.5 Å². The first-order valence-electron chi connectivity index (χ1n) is 6.11. The number of rotatable bonds is 2. The standard InChI is InChI=1S/C16H12O4/c1-19-12-6-2-10(3-7-12)14-9-5-11-4-8-13(17)15(18)16(11)20-14/h2-9H,1H3,(H-,17,18)/p+1. The molecule has 4 nitrogen and oxygen atoms in total. The fourth-order valence-electron chi connectivity index (χ4n) is 2.03. The van der Waals surface area contributed by atoms with Crippen LogP contribution in [0.1, 0.15) is 0 Å². The molecule has 1 aromatic heterocycles. The van der Waals surface area contributed by atoms with E-state index in [4.69, 9.17) is 9.15 Å². The minimum absolute atomic E-state index is 0.201. The highest BCUT2D eigenvalue weighted by Gasteiger charge is 2.20. The minimum Gasteiger partial charge on any atom is -0.504 e. The van der Waals surface area contributed by atoms with Gasteiger partial charge in [0, 0.05) is 6.07 Å². The minimum atomic E-state index is -0.252. The number of phenols is 2. The summed E-state index contributed by atoms with van der Waals surface area (Å²) in [5, 5.41) is 20.1. The molecule has 3 aromatic rings. The Bertz CT molecular complexity index is 763. The van der Waals surface area contributed by atoms with Crippen LogP contribution in [0.3, 0.4) is 0 Å². The highest BCUT2D eigenvalue weighted by molar-refractivity contribution is 5.86. The molecule has 0 aliphatic carbocycles. The number of benzene rings is 2. The molecule has 100 valence electrons. The Morgan fingerprint density at radius 3 is 2.30 bits per heavy atom. The molecule has 20 heavy (non-hydrogen) atoms. The highest BCUT2D eigenvalue weighted by Crippen LogP contribution is 2.36. The second-order valence-corrected chi connectivity index (χ2v) is 4.38. The van der Waals surface area contributed by atoms with Crippen LogP contribution in [0.2, 0.25) is 0 Å². The van der Waals surface area contributed by atoms with Crippen LogP contribution >= 0.6 is 0 Å². The van der Waals surface area contributed by atoms with Crippen molar-refractivity contribution in [1.29, 1.82) is 0 Å². The maximum absolute atomic E-state index is 9.85. The molecular formula is C16H13O4+. The monoisotopic (exact) mass is 269 g/mol. The smallest absolute Gasteiger partial charge is 0.405 e. The Morgan fingerprint density at radius 1 is 0.900 bits per heavy atom. The molecular weight excluding hydrogens is 256 g/mol. The van der Waals surface area contributed by atoms with E-state index in [0.717, 1.165) is 16.7 Å². The van der Waals surface area contributed by atoms with Crippen molar-refractivity contribution < 1.29 is 19.4 Å². The third-order valence-electron chi connectivity index (χ3n) is 3.14. The van der Waals surface area contributed by atoms with Crippen molar-refractivity contribution in [2.24, 2.45) is 0 Å². The largest absolute Gasteiger partial charge is 0.504 e. The first-order chi connectivity index (χ1) is 9.69. The number of phenolic OH excluding ortho intramolecular Hbond substituents is 2. The van der Waals surface area contributed by atoms with Gasteiger partial charge in [0.05, 0.1) is 18.1 Å². The van der Waals surface area contributed by atoms with E-state index in [1.807, 2.05) is 36.4 Å². The predicted molar refractivity (Wildman–Crippen MR) is 75.9 cm³/mol. The van der Waals surface area contributed by atoms with Gasteiger partial charge >= 0.3 is 11.3 Å². The first kappa shape index (κ1) is 12.3. The van der Waals surface area contributed by atoms with Crippen LogP contribution in [0.4, 0.5) is 0 Å². The lowest BCUT2D eigenvalue weighted by Crippen LogP contribution is -1.83. The van der Waals surface area contributed by atoms with Crippen molar-refractivity contribution in [1.82, 2.24) is 0 Å². The third kappa shape index (κ3) is 2.01. The normalized spacial score (nSPS) is 10.7. The molecule has 0 aliphatic heterocycles. The maximum Gasteiger partial charge on any atom is 0.405 e. The molecule has 2 aromatic carbocycles. The molecule has 0 atom stereocenters. The lowest BCUT2D eigenvalue weighted by molar-refractivity contribution is 0.400. The van der Waals surface area contributed by atoms with E-state index in [1.165, 1.54) is 6.07 Å². The summed E-state index contributed by atoms with van der Waals surface area (Å²) in [6.07, 6.45) is 0. The number of fused-ring (bicyclic) bond motifs is 1. The summed E-state index contributed by atoms with van der Waals surface area (Å²) in [7, 11) is 1.61. The molecule has 0 aliphatic rings. The summed E-state index contributed by atoms with van der Waals surface area (Å²) >= 11 is 0. The van der Waals surface area contributed by atoms with Gasteiger partial charge < -0.3 is 14.9 Å². The first-order valence-corrected chi connectivity index (χ1v) is 6.11. The summed E-state index contributed by atoms with van der Waals surface area (Å²) in [5.74, 6) is 0.905. The predicted octanol–water partition coefficient (Wildman–Crippen LogP) is 3.80. The second-order valence-electron chi connectivity index (χ2n) is 4.38. The zero-order valence-electron chi connectivity index (χ0n) is 10.8. The molecule has 0 radical (unpaired) electrons. The van der Waals surface area contributed by atoms with E-state index in [-0.39, 0.29) is 17.1 Å². The van der Waals surface area contributed by atoms with Crippen molar-refractivity contribution in [3.8, 4) is 28.6 Å². The summed E-state index contributed by atoms with van der Waals surface area (Å²) < 4.78 is 10.8. The van der Waals surface area contributed by atoms with E-state index in [1.54, 1.807) is 13.2 Å². The number of hydrogen-bond acceptors (Lipinski definition) is 3. The van der Waals surface area contributed by atoms with Crippen LogP contribution in [0.15, 0.2) is 52.9 Å². The molecule has 0 saturated heterocycles. The van der Waals surface area contributed by atoms with Gasteiger partial charge in [0.2, 0.25) is 0 Å². The van der Waals surface area contributed by atoms with Crippen LogP contribution < -0.4 is 4.74 Å². The van der Waals surface area contributed by atoms with Crippen LogP contribution in [0, 0.1) is 0 Å². The lowest BCUT2D eigenvalue weighted by atomic mass is 10.1. The fourth-order valence-corrected chi connectivity index (χ4v) is 2.03. The van der Waals surface area contributed by atoms with Gasteiger partial charge in [-0.1, -0.05) is 0 Å². The summed E-state index contributed by atoms with van der Waals surface area (Å²) in [4.78, 5) is 0. The Labute approximate surface area is 115 Å². The van der Waals surface area contributed by atoms with Crippen molar-refractivity contribution in [2.75, 3.05) is 7.11 Å². The molecule has 0 saturated carbocycles. The molecule has 0 fully saturated rings. The molecule has 0 bridgehead atoms. The average Bonchev–Trinajstić information content (AvgIpc) is 2.51. The van der Waals surface area contributed by atoms with Gasteiger partial charge in [-0.05, 0) is 42.5 Å². The van der Waals surface area contributed by atoms with Gasteiger partial charge in [-0.15, -0.1) is 0 Å². The number of hydrogen-bond donors (Lipinski definition) is 2. The van der Waals surface area contributed by atoms with Crippen molar-refractivity contribution in [2.45, 2.75) is 0 Å². The fraction of sp³-hybridized carbons (Fsp3) is 0.0625. The molecule has 0 spiro atoms. The Balaban J connectivity index is 2.14. The Hall–Kier alpha value is -2.75. The van der Waals surface area contributed by atoms with Gasteiger partial charge in [-0.25, -0.2) is 4.42 Å². The molecule has 0 unspecified atom stereocenters.